The van der Waals surface area contributed by atoms with Crippen LogP contribution >= 0.6 is 0 Å². The minimum absolute atomic E-state index is 0.463. The van der Waals surface area contributed by atoms with E-state index in [4.69, 9.17) is 5.73 Å². The van der Waals surface area contributed by atoms with Gasteiger partial charge in [-0.3, -0.25) is 4.98 Å². The Kier molecular flexibility index (Phi) is 2.80. The molecule has 1 heterocycles. The van der Waals surface area contributed by atoms with Gasteiger partial charge in [0.1, 0.15) is 0 Å². The molecule has 82 valence electrons. The molecule has 3 N–H and O–H groups in total. The van der Waals surface area contributed by atoms with E-state index in [2.05, 4.69) is 17.2 Å². The summed E-state index contributed by atoms with van der Waals surface area (Å²) in [5.74, 6) is 0. The van der Waals surface area contributed by atoms with E-state index in [9.17, 15) is 0 Å². The number of hydrogen-bond acceptors (Lipinski definition) is 3. The number of anilines is 2. The van der Waals surface area contributed by atoms with Crippen molar-refractivity contribution in [3.8, 4) is 0 Å². The first kappa shape index (κ1) is 10.3. The molecule has 3 heteroatoms. The van der Waals surface area contributed by atoms with Crippen LogP contribution in [0.3, 0.4) is 0 Å². The molecule has 0 bridgehead atoms. The average Bonchev–Trinajstić information content (AvgIpc) is 2.63. The number of pyridine rings is 1. The topological polar surface area (TPSA) is 50.9 Å². The van der Waals surface area contributed by atoms with Crippen LogP contribution in [0.5, 0.6) is 0 Å². The highest BCUT2D eigenvalue weighted by atomic mass is 14.9. The smallest absolute Gasteiger partial charge is 0.0547 e. The molecule has 0 unspecified atom stereocenters. The number of hydrogen-bond donors (Lipinski definition) is 2. The average molecular weight is 205 g/mol. The summed E-state index contributed by atoms with van der Waals surface area (Å²) < 4.78 is 0. The van der Waals surface area contributed by atoms with Crippen molar-refractivity contribution in [3.63, 3.8) is 0 Å². The molecule has 0 amide bonds. The summed E-state index contributed by atoms with van der Waals surface area (Å²) in [6.45, 7) is 3.38. The Hall–Kier alpha value is -1.25. The molecule has 0 atom stereocenters. The zero-order valence-electron chi connectivity index (χ0n) is 9.29. The van der Waals surface area contributed by atoms with Crippen LogP contribution in [0.2, 0.25) is 0 Å². The molecule has 0 spiro atoms. The number of nitrogen functional groups attached to an aromatic ring is 1. The Labute approximate surface area is 91.1 Å². The van der Waals surface area contributed by atoms with Crippen molar-refractivity contribution in [2.24, 2.45) is 5.41 Å². The summed E-state index contributed by atoms with van der Waals surface area (Å²) in [5.41, 5.74) is 7.89. The van der Waals surface area contributed by atoms with E-state index in [0.29, 0.717) is 5.41 Å². The van der Waals surface area contributed by atoms with Gasteiger partial charge < -0.3 is 11.1 Å². The minimum Gasteiger partial charge on any atom is -0.397 e. The Bertz CT molecular complexity index is 329. The maximum atomic E-state index is 5.67. The first-order valence-electron chi connectivity index (χ1n) is 5.62. The van der Waals surface area contributed by atoms with Gasteiger partial charge in [-0.05, 0) is 24.3 Å². The molecule has 1 saturated carbocycles. The molecular weight excluding hydrogens is 186 g/mol. The molecule has 3 nitrogen and oxygen atoms in total. The van der Waals surface area contributed by atoms with E-state index in [1.165, 1.54) is 25.7 Å². The van der Waals surface area contributed by atoms with E-state index in [1.54, 1.807) is 6.20 Å². The van der Waals surface area contributed by atoms with Crippen molar-refractivity contribution >= 4 is 11.4 Å². The van der Waals surface area contributed by atoms with Crippen molar-refractivity contribution in [3.05, 3.63) is 18.5 Å². The monoisotopic (exact) mass is 205 g/mol. The zero-order chi connectivity index (χ0) is 10.7. The third kappa shape index (κ3) is 2.61. The molecule has 15 heavy (non-hydrogen) atoms. The fraction of sp³-hybridized carbons (Fsp3) is 0.583. The van der Waals surface area contributed by atoms with Gasteiger partial charge >= 0.3 is 0 Å². The summed E-state index contributed by atoms with van der Waals surface area (Å²) in [6.07, 6.45) is 8.89. The van der Waals surface area contributed by atoms with Crippen molar-refractivity contribution < 1.29 is 0 Å². The Morgan fingerprint density at radius 3 is 2.80 bits per heavy atom. The third-order valence-electron chi connectivity index (χ3n) is 3.29. The van der Waals surface area contributed by atoms with Gasteiger partial charge in [-0.1, -0.05) is 19.8 Å². The number of nitrogens with one attached hydrogen (secondary N) is 1. The highest BCUT2D eigenvalue weighted by Crippen LogP contribution is 2.37. The summed E-state index contributed by atoms with van der Waals surface area (Å²) in [6, 6.07) is 1.94. The third-order valence-corrected chi connectivity index (χ3v) is 3.29. The first-order valence-corrected chi connectivity index (χ1v) is 5.62. The molecule has 0 radical (unpaired) electrons. The molecule has 1 aromatic heterocycles. The van der Waals surface area contributed by atoms with Crippen LogP contribution in [-0.2, 0) is 0 Å². The van der Waals surface area contributed by atoms with E-state index in [1.807, 2.05) is 12.3 Å². The lowest BCUT2D eigenvalue weighted by Gasteiger charge is -2.24. The summed E-state index contributed by atoms with van der Waals surface area (Å²) in [4.78, 5) is 4.06. The SMILES string of the molecule is CC1(CNc2cncc(N)c2)CCCC1. The maximum Gasteiger partial charge on any atom is 0.0547 e. The number of rotatable bonds is 3. The number of nitrogens with two attached hydrogens (primary N) is 1. The second kappa shape index (κ2) is 4.09. The summed E-state index contributed by atoms with van der Waals surface area (Å²) >= 11 is 0. The quantitative estimate of drug-likeness (QED) is 0.797. The fourth-order valence-electron chi connectivity index (χ4n) is 2.28. The Morgan fingerprint density at radius 1 is 1.40 bits per heavy atom. The molecule has 1 aliphatic carbocycles. The molecule has 1 aromatic rings. The van der Waals surface area contributed by atoms with Gasteiger partial charge in [0.25, 0.3) is 0 Å². The van der Waals surface area contributed by atoms with Gasteiger partial charge in [-0.25, -0.2) is 0 Å². The normalized spacial score (nSPS) is 19.0. The Morgan fingerprint density at radius 2 is 2.13 bits per heavy atom. The van der Waals surface area contributed by atoms with E-state index in [-0.39, 0.29) is 0 Å². The van der Waals surface area contributed by atoms with Crippen LogP contribution in [0.15, 0.2) is 18.5 Å². The predicted molar refractivity (Wildman–Crippen MR) is 63.7 cm³/mol. The van der Waals surface area contributed by atoms with E-state index in [0.717, 1.165) is 17.9 Å². The number of aromatic nitrogens is 1. The van der Waals surface area contributed by atoms with Crippen LogP contribution in [-0.4, -0.2) is 11.5 Å². The van der Waals surface area contributed by atoms with Crippen molar-refractivity contribution in [2.75, 3.05) is 17.6 Å². The lowest BCUT2D eigenvalue weighted by Crippen LogP contribution is -2.23. The van der Waals surface area contributed by atoms with E-state index < -0.39 is 0 Å². The molecule has 0 aliphatic heterocycles. The Balaban J connectivity index is 1.92. The van der Waals surface area contributed by atoms with Gasteiger partial charge in [0, 0.05) is 12.7 Å². The fourth-order valence-corrected chi connectivity index (χ4v) is 2.28. The second-order valence-electron chi connectivity index (χ2n) is 4.88. The molecular formula is C12H19N3. The van der Waals surface area contributed by atoms with Crippen LogP contribution < -0.4 is 11.1 Å². The molecule has 0 aromatic carbocycles. The molecule has 1 fully saturated rings. The molecule has 2 rings (SSSR count). The van der Waals surface area contributed by atoms with Crippen LogP contribution in [0.1, 0.15) is 32.6 Å². The minimum atomic E-state index is 0.463. The predicted octanol–water partition coefficient (Wildman–Crippen LogP) is 2.66. The highest BCUT2D eigenvalue weighted by Gasteiger charge is 2.28. The van der Waals surface area contributed by atoms with Crippen molar-refractivity contribution in [2.45, 2.75) is 32.6 Å². The zero-order valence-corrected chi connectivity index (χ0v) is 9.29. The van der Waals surface area contributed by atoms with Crippen LogP contribution in [0.4, 0.5) is 11.4 Å². The largest absolute Gasteiger partial charge is 0.397 e. The van der Waals surface area contributed by atoms with Crippen LogP contribution in [0, 0.1) is 5.41 Å². The van der Waals surface area contributed by atoms with E-state index >= 15 is 0 Å². The lowest BCUT2D eigenvalue weighted by molar-refractivity contribution is 0.362. The lowest BCUT2D eigenvalue weighted by atomic mass is 9.89. The standard InChI is InChI=1S/C12H19N3/c1-12(4-2-3-5-12)9-15-11-6-10(13)7-14-8-11/h6-8,15H,2-5,9,13H2,1H3. The second-order valence-corrected chi connectivity index (χ2v) is 4.88. The van der Waals surface area contributed by atoms with Gasteiger partial charge in [0.05, 0.1) is 17.6 Å². The van der Waals surface area contributed by atoms with Gasteiger partial charge in [-0.15, -0.1) is 0 Å². The number of nitrogens with zero attached hydrogens (tertiary/aromatic N) is 1. The van der Waals surface area contributed by atoms with Gasteiger partial charge in [-0.2, -0.15) is 0 Å². The van der Waals surface area contributed by atoms with Crippen molar-refractivity contribution in [1.29, 1.82) is 0 Å². The maximum absolute atomic E-state index is 5.67. The first-order chi connectivity index (χ1) is 7.18. The van der Waals surface area contributed by atoms with Crippen molar-refractivity contribution in [1.82, 2.24) is 4.98 Å². The highest BCUT2D eigenvalue weighted by molar-refractivity contribution is 5.51. The molecule has 0 saturated heterocycles. The van der Waals surface area contributed by atoms with Crippen LogP contribution in [0.25, 0.3) is 0 Å². The summed E-state index contributed by atoms with van der Waals surface area (Å²) in [7, 11) is 0. The molecule has 1 aliphatic rings. The van der Waals surface area contributed by atoms with Gasteiger partial charge in [0.15, 0.2) is 0 Å². The summed E-state index contributed by atoms with van der Waals surface area (Å²) in [5, 5.41) is 3.43. The van der Waals surface area contributed by atoms with Gasteiger partial charge in [0.2, 0.25) is 0 Å².